The molecular formula is C16H25N3O. The molecule has 20 heavy (non-hydrogen) atoms. The Morgan fingerprint density at radius 3 is 2.55 bits per heavy atom. The largest absolute Gasteiger partial charge is 0.398 e. The van der Waals surface area contributed by atoms with Gasteiger partial charge in [-0.15, -0.1) is 0 Å². The van der Waals surface area contributed by atoms with Gasteiger partial charge in [0.25, 0.3) is 0 Å². The highest BCUT2D eigenvalue weighted by Gasteiger charge is 2.20. The van der Waals surface area contributed by atoms with Gasteiger partial charge in [-0.25, -0.2) is 0 Å². The molecule has 0 spiro atoms. The van der Waals surface area contributed by atoms with Crippen molar-refractivity contribution in [1.82, 2.24) is 4.90 Å². The molecule has 110 valence electrons. The molecule has 0 saturated carbocycles. The molecule has 1 aromatic carbocycles. The van der Waals surface area contributed by atoms with E-state index in [-0.39, 0.29) is 0 Å². The first-order valence-corrected chi connectivity index (χ1v) is 7.50. The molecule has 0 unspecified atom stereocenters. The first-order valence-electron chi connectivity index (χ1n) is 7.50. The van der Waals surface area contributed by atoms with Gasteiger partial charge < -0.3 is 15.5 Å². The van der Waals surface area contributed by atoms with E-state index in [0.29, 0.717) is 12.3 Å². The van der Waals surface area contributed by atoms with Crippen LogP contribution in [0.2, 0.25) is 0 Å². The van der Waals surface area contributed by atoms with E-state index < -0.39 is 0 Å². The first-order chi connectivity index (χ1) is 9.61. The number of anilines is 2. The van der Waals surface area contributed by atoms with Crippen molar-refractivity contribution < 1.29 is 4.79 Å². The number of hydrogen-bond acceptors (Lipinski definition) is 3. The third kappa shape index (κ3) is 3.44. The molecule has 1 aromatic rings. The maximum absolute atomic E-state index is 12.0. The van der Waals surface area contributed by atoms with Gasteiger partial charge in [0.2, 0.25) is 5.91 Å². The first kappa shape index (κ1) is 14.7. The molecule has 0 aliphatic carbocycles. The lowest BCUT2D eigenvalue weighted by molar-refractivity contribution is -0.131. The van der Waals surface area contributed by atoms with Crippen LogP contribution in [0.4, 0.5) is 11.4 Å². The minimum Gasteiger partial charge on any atom is -0.398 e. The number of carbonyl (C=O) groups is 1. The normalized spacial score (nSPS) is 15.5. The van der Waals surface area contributed by atoms with Crippen LogP contribution in [0.15, 0.2) is 18.2 Å². The monoisotopic (exact) mass is 275 g/mol. The van der Waals surface area contributed by atoms with Crippen LogP contribution in [-0.2, 0) is 4.79 Å². The fourth-order valence-electron chi connectivity index (χ4n) is 2.52. The van der Waals surface area contributed by atoms with Crippen molar-refractivity contribution in [3.63, 3.8) is 0 Å². The van der Waals surface area contributed by atoms with Crippen LogP contribution in [0.1, 0.15) is 31.7 Å². The van der Waals surface area contributed by atoms with E-state index in [2.05, 4.69) is 24.0 Å². The highest BCUT2D eigenvalue weighted by Crippen LogP contribution is 2.22. The number of nitrogens with two attached hydrogens (primary N) is 1. The number of aryl methyl sites for hydroxylation is 1. The van der Waals surface area contributed by atoms with Crippen LogP contribution < -0.4 is 10.6 Å². The lowest BCUT2D eigenvalue weighted by atomic mass is 10.1. The number of amides is 1. The van der Waals surface area contributed by atoms with Crippen LogP contribution in [-0.4, -0.2) is 37.0 Å². The van der Waals surface area contributed by atoms with E-state index in [1.54, 1.807) is 0 Å². The Morgan fingerprint density at radius 1 is 1.25 bits per heavy atom. The van der Waals surface area contributed by atoms with Gasteiger partial charge in [-0.05, 0) is 31.0 Å². The van der Waals surface area contributed by atoms with Crippen molar-refractivity contribution in [2.45, 2.75) is 33.1 Å². The minimum atomic E-state index is 0.301. The smallest absolute Gasteiger partial charge is 0.222 e. The predicted molar refractivity (Wildman–Crippen MR) is 83.9 cm³/mol. The zero-order valence-electron chi connectivity index (χ0n) is 12.6. The molecule has 4 nitrogen and oxygen atoms in total. The third-order valence-electron chi connectivity index (χ3n) is 4.00. The Hall–Kier alpha value is -1.71. The number of rotatable bonds is 4. The molecule has 0 bridgehead atoms. The molecule has 2 rings (SSSR count). The fourth-order valence-corrected chi connectivity index (χ4v) is 2.52. The molecule has 1 fully saturated rings. The van der Waals surface area contributed by atoms with Gasteiger partial charge in [0.15, 0.2) is 0 Å². The summed E-state index contributed by atoms with van der Waals surface area (Å²) in [6.07, 6.45) is 2.76. The molecule has 1 heterocycles. The third-order valence-corrected chi connectivity index (χ3v) is 4.00. The average molecular weight is 275 g/mol. The van der Waals surface area contributed by atoms with Gasteiger partial charge in [0, 0.05) is 44.0 Å². The van der Waals surface area contributed by atoms with E-state index in [1.807, 2.05) is 17.9 Å². The second kappa shape index (κ2) is 6.64. The number of benzene rings is 1. The van der Waals surface area contributed by atoms with Crippen molar-refractivity contribution in [3.8, 4) is 0 Å². The van der Waals surface area contributed by atoms with Crippen LogP contribution in [0, 0.1) is 6.92 Å². The van der Waals surface area contributed by atoms with Crippen molar-refractivity contribution in [3.05, 3.63) is 23.8 Å². The van der Waals surface area contributed by atoms with E-state index in [9.17, 15) is 4.79 Å². The van der Waals surface area contributed by atoms with Gasteiger partial charge in [-0.2, -0.15) is 0 Å². The molecule has 1 amide bonds. The summed E-state index contributed by atoms with van der Waals surface area (Å²) in [7, 11) is 0. The highest BCUT2D eigenvalue weighted by atomic mass is 16.2. The summed E-state index contributed by atoms with van der Waals surface area (Å²) in [5.74, 6) is 0.301. The van der Waals surface area contributed by atoms with E-state index in [0.717, 1.165) is 56.0 Å². The average Bonchev–Trinajstić information content (AvgIpc) is 2.48. The summed E-state index contributed by atoms with van der Waals surface area (Å²) in [6, 6.07) is 6.20. The molecule has 0 aromatic heterocycles. The summed E-state index contributed by atoms with van der Waals surface area (Å²) in [6.45, 7) is 7.55. The Balaban J connectivity index is 1.90. The summed E-state index contributed by atoms with van der Waals surface area (Å²) in [5, 5.41) is 0. The van der Waals surface area contributed by atoms with Crippen molar-refractivity contribution in [2.24, 2.45) is 0 Å². The summed E-state index contributed by atoms with van der Waals surface area (Å²) < 4.78 is 0. The van der Waals surface area contributed by atoms with Gasteiger partial charge in [-0.3, -0.25) is 4.79 Å². The lowest BCUT2D eigenvalue weighted by Gasteiger charge is -2.36. The Labute approximate surface area is 121 Å². The van der Waals surface area contributed by atoms with Crippen molar-refractivity contribution in [2.75, 3.05) is 36.8 Å². The van der Waals surface area contributed by atoms with E-state index in [1.165, 1.54) is 0 Å². The number of nitrogens with zero attached hydrogens (tertiary/aromatic N) is 2. The van der Waals surface area contributed by atoms with E-state index >= 15 is 0 Å². The van der Waals surface area contributed by atoms with Crippen LogP contribution in [0.25, 0.3) is 0 Å². The number of hydrogen-bond donors (Lipinski definition) is 1. The molecular weight excluding hydrogens is 250 g/mol. The minimum absolute atomic E-state index is 0.301. The molecule has 0 atom stereocenters. The zero-order valence-corrected chi connectivity index (χ0v) is 12.6. The maximum Gasteiger partial charge on any atom is 0.222 e. The topological polar surface area (TPSA) is 49.6 Å². The standard InChI is InChI=1S/C16H25N3O/c1-3-4-5-16(20)19-10-8-18(9-11-19)14-7-6-13(2)15(17)12-14/h6-7,12H,3-5,8-11,17H2,1-2H3. The quantitative estimate of drug-likeness (QED) is 0.859. The number of piperazine rings is 1. The number of carbonyl (C=O) groups excluding carboxylic acids is 1. The molecule has 1 aliphatic heterocycles. The number of unbranched alkanes of at least 4 members (excludes halogenated alkanes) is 1. The van der Waals surface area contributed by atoms with E-state index in [4.69, 9.17) is 5.73 Å². The summed E-state index contributed by atoms with van der Waals surface area (Å²) >= 11 is 0. The Morgan fingerprint density at radius 2 is 1.95 bits per heavy atom. The molecule has 1 aliphatic rings. The lowest BCUT2D eigenvalue weighted by Crippen LogP contribution is -2.48. The Bertz CT molecular complexity index is 465. The van der Waals surface area contributed by atoms with Crippen LogP contribution in [0.5, 0.6) is 0 Å². The molecule has 0 radical (unpaired) electrons. The van der Waals surface area contributed by atoms with Gasteiger partial charge in [0.05, 0.1) is 0 Å². The summed E-state index contributed by atoms with van der Waals surface area (Å²) in [4.78, 5) is 16.3. The summed E-state index contributed by atoms with van der Waals surface area (Å²) in [5.41, 5.74) is 9.08. The van der Waals surface area contributed by atoms with Gasteiger partial charge in [0.1, 0.15) is 0 Å². The van der Waals surface area contributed by atoms with Gasteiger partial charge in [-0.1, -0.05) is 19.4 Å². The maximum atomic E-state index is 12.0. The molecule has 1 saturated heterocycles. The molecule has 2 N–H and O–H groups in total. The SMILES string of the molecule is CCCCC(=O)N1CCN(c2ccc(C)c(N)c2)CC1. The molecule has 4 heteroatoms. The van der Waals surface area contributed by atoms with Crippen molar-refractivity contribution >= 4 is 17.3 Å². The second-order valence-corrected chi connectivity index (χ2v) is 5.51. The van der Waals surface area contributed by atoms with Crippen LogP contribution >= 0.6 is 0 Å². The van der Waals surface area contributed by atoms with Crippen LogP contribution in [0.3, 0.4) is 0 Å². The number of nitrogen functional groups attached to an aromatic ring is 1. The predicted octanol–water partition coefficient (Wildman–Crippen LogP) is 2.42. The Kier molecular flexibility index (Phi) is 4.88. The zero-order chi connectivity index (χ0) is 14.5. The highest BCUT2D eigenvalue weighted by molar-refractivity contribution is 5.76. The second-order valence-electron chi connectivity index (χ2n) is 5.51. The van der Waals surface area contributed by atoms with Gasteiger partial charge >= 0.3 is 0 Å². The fraction of sp³-hybridized carbons (Fsp3) is 0.562. The van der Waals surface area contributed by atoms with Crippen molar-refractivity contribution in [1.29, 1.82) is 0 Å².